The second-order valence-corrected chi connectivity index (χ2v) is 3.07. The van der Waals surface area contributed by atoms with Crippen molar-refractivity contribution < 1.29 is 29.3 Å². The zero-order valence-electron chi connectivity index (χ0n) is 6.90. The van der Waals surface area contributed by atoms with Gasteiger partial charge in [-0.15, -0.1) is 0 Å². The summed E-state index contributed by atoms with van der Waals surface area (Å²) in [6, 6.07) is -0.769. The molecule has 1 atom stereocenters. The van der Waals surface area contributed by atoms with Crippen LogP contribution in [0.2, 0.25) is 0 Å². The van der Waals surface area contributed by atoms with Crippen LogP contribution in [-0.2, 0) is 4.57 Å². The Hall–Kier alpha value is -0.530. The number of hydrogen-bond donors (Lipinski definition) is 4. The largest absolute Gasteiger partial charge is 0.466 e. The Morgan fingerprint density at radius 2 is 1.77 bits per heavy atom. The minimum atomic E-state index is -4.64. The molecule has 0 aliphatic rings. The van der Waals surface area contributed by atoms with Gasteiger partial charge in [0.05, 0.1) is 0 Å². The SMILES string of the molecule is CCC(CO)[N+](=O)[O-].O=P(O)(O)O. The molecule has 0 saturated carbocycles. The van der Waals surface area contributed by atoms with Crippen molar-refractivity contribution in [1.82, 2.24) is 0 Å². The van der Waals surface area contributed by atoms with Gasteiger partial charge in [0.1, 0.15) is 6.61 Å². The summed E-state index contributed by atoms with van der Waals surface area (Å²) < 4.78 is 8.88. The molecule has 0 aromatic carbocycles. The maximum atomic E-state index is 9.81. The molecule has 0 fully saturated rings. The van der Waals surface area contributed by atoms with Gasteiger partial charge in [0, 0.05) is 11.3 Å². The molecule has 0 aromatic rings. The smallest absolute Gasteiger partial charge is 0.389 e. The summed E-state index contributed by atoms with van der Waals surface area (Å²) in [5.41, 5.74) is 0. The maximum absolute atomic E-state index is 9.81. The van der Waals surface area contributed by atoms with E-state index < -0.39 is 18.8 Å². The van der Waals surface area contributed by atoms with Crippen LogP contribution in [0.15, 0.2) is 0 Å². The molecule has 0 radical (unpaired) electrons. The average Bonchev–Trinajstić information content (AvgIpc) is 1.85. The Morgan fingerprint density at radius 3 is 1.77 bits per heavy atom. The van der Waals surface area contributed by atoms with E-state index in [9.17, 15) is 10.1 Å². The number of rotatable bonds is 3. The molecule has 4 N–H and O–H groups in total. The Balaban J connectivity index is 0. The van der Waals surface area contributed by atoms with E-state index in [1.165, 1.54) is 0 Å². The lowest BCUT2D eigenvalue weighted by atomic mass is 10.3. The lowest BCUT2D eigenvalue weighted by molar-refractivity contribution is -0.526. The summed E-state index contributed by atoms with van der Waals surface area (Å²) >= 11 is 0. The molecule has 0 saturated heterocycles. The summed E-state index contributed by atoms with van der Waals surface area (Å²) in [5.74, 6) is 0. The number of phosphoric acid groups is 1. The molecule has 0 aliphatic heterocycles. The van der Waals surface area contributed by atoms with E-state index >= 15 is 0 Å². The lowest BCUT2D eigenvalue weighted by Crippen LogP contribution is -2.22. The van der Waals surface area contributed by atoms with E-state index in [2.05, 4.69) is 0 Å². The highest BCUT2D eigenvalue weighted by Gasteiger charge is 2.13. The first-order valence-corrected chi connectivity index (χ1v) is 4.81. The first-order valence-electron chi connectivity index (χ1n) is 3.25. The highest BCUT2D eigenvalue weighted by molar-refractivity contribution is 7.45. The van der Waals surface area contributed by atoms with Crippen LogP contribution in [0.1, 0.15) is 13.3 Å². The molecule has 0 spiro atoms. The fraction of sp³-hybridized carbons (Fsp3) is 1.00. The number of nitrogens with zero attached hydrogens (tertiary/aromatic N) is 1. The van der Waals surface area contributed by atoms with Gasteiger partial charge < -0.3 is 19.8 Å². The van der Waals surface area contributed by atoms with Crippen molar-refractivity contribution in [2.75, 3.05) is 6.61 Å². The molecule has 80 valence electrons. The van der Waals surface area contributed by atoms with Crippen LogP contribution in [0.3, 0.4) is 0 Å². The molecule has 0 heterocycles. The van der Waals surface area contributed by atoms with Gasteiger partial charge in [0.15, 0.2) is 0 Å². The molecule has 1 unspecified atom stereocenters. The van der Waals surface area contributed by atoms with Crippen LogP contribution in [0.25, 0.3) is 0 Å². The zero-order chi connectivity index (χ0) is 11.1. The molecule has 9 heteroatoms. The topological polar surface area (TPSA) is 141 Å². The summed E-state index contributed by atoms with van der Waals surface area (Å²) in [6.45, 7) is 1.31. The maximum Gasteiger partial charge on any atom is 0.466 e. The number of aliphatic hydroxyl groups is 1. The number of aliphatic hydroxyl groups excluding tert-OH is 1. The van der Waals surface area contributed by atoms with Crippen molar-refractivity contribution in [3.05, 3.63) is 10.1 Å². The van der Waals surface area contributed by atoms with E-state index in [1.54, 1.807) is 6.92 Å². The Labute approximate surface area is 74.2 Å². The lowest BCUT2D eigenvalue weighted by Gasteiger charge is -1.99. The highest BCUT2D eigenvalue weighted by Crippen LogP contribution is 2.25. The van der Waals surface area contributed by atoms with Crippen molar-refractivity contribution >= 4 is 7.82 Å². The third kappa shape index (κ3) is 18.4. The van der Waals surface area contributed by atoms with Crippen molar-refractivity contribution in [2.24, 2.45) is 0 Å². The van der Waals surface area contributed by atoms with E-state index in [4.69, 9.17) is 24.4 Å². The van der Waals surface area contributed by atoms with Crippen molar-refractivity contribution in [2.45, 2.75) is 19.4 Å². The van der Waals surface area contributed by atoms with Gasteiger partial charge in [-0.1, -0.05) is 6.92 Å². The van der Waals surface area contributed by atoms with E-state index in [0.717, 1.165) is 0 Å². The van der Waals surface area contributed by atoms with Gasteiger partial charge in [-0.3, -0.25) is 10.1 Å². The van der Waals surface area contributed by atoms with E-state index in [-0.39, 0.29) is 6.61 Å². The molecule has 8 nitrogen and oxygen atoms in total. The van der Waals surface area contributed by atoms with Crippen LogP contribution < -0.4 is 0 Å². The predicted octanol–water partition coefficient (Wildman–Crippen LogP) is -0.895. The quantitative estimate of drug-likeness (QED) is 0.273. The standard InChI is InChI=1S/C4H9NO3.H3O4P/c1-2-4(3-6)5(7)8;1-5(2,3)4/h4,6H,2-3H2,1H3;(H3,1,2,3,4). The van der Waals surface area contributed by atoms with Crippen LogP contribution in [0.5, 0.6) is 0 Å². The molecule has 0 aliphatic carbocycles. The first-order chi connectivity index (χ1) is 5.72. The summed E-state index contributed by atoms with van der Waals surface area (Å²) in [6.07, 6.45) is 0.392. The first kappa shape index (κ1) is 15.0. The Bertz CT molecular complexity index is 177. The summed E-state index contributed by atoms with van der Waals surface area (Å²) in [5, 5.41) is 18.1. The average molecular weight is 217 g/mol. The fourth-order valence-electron chi connectivity index (χ4n) is 0.345. The molecular formula is C4H12NO7P. The molecule has 0 bridgehead atoms. The number of hydrogen-bond acceptors (Lipinski definition) is 4. The summed E-state index contributed by atoms with van der Waals surface area (Å²) in [7, 11) is -4.64. The molecule has 0 amide bonds. The van der Waals surface area contributed by atoms with Gasteiger partial charge in [-0.25, -0.2) is 4.57 Å². The normalized spacial score (nSPS) is 12.7. The zero-order valence-corrected chi connectivity index (χ0v) is 7.79. The van der Waals surface area contributed by atoms with Crippen LogP contribution in [-0.4, -0.2) is 37.4 Å². The van der Waals surface area contributed by atoms with E-state index in [0.29, 0.717) is 6.42 Å². The second kappa shape index (κ2) is 6.93. The highest BCUT2D eigenvalue weighted by atomic mass is 31.2. The van der Waals surface area contributed by atoms with E-state index in [1.807, 2.05) is 0 Å². The molecule has 13 heavy (non-hydrogen) atoms. The van der Waals surface area contributed by atoms with Gasteiger partial charge in [0.25, 0.3) is 0 Å². The second-order valence-electron chi connectivity index (χ2n) is 2.04. The van der Waals surface area contributed by atoms with Gasteiger partial charge in [-0.2, -0.15) is 0 Å². The molecule has 0 rings (SSSR count). The van der Waals surface area contributed by atoms with Crippen LogP contribution >= 0.6 is 7.82 Å². The van der Waals surface area contributed by atoms with Gasteiger partial charge in [-0.05, 0) is 0 Å². The van der Waals surface area contributed by atoms with Crippen molar-refractivity contribution in [3.8, 4) is 0 Å². The Kier molecular flexibility index (Phi) is 7.98. The van der Waals surface area contributed by atoms with Crippen molar-refractivity contribution in [3.63, 3.8) is 0 Å². The minimum absolute atomic E-state index is 0.358. The fourth-order valence-corrected chi connectivity index (χ4v) is 0.345. The van der Waals surface area contributed by atoms with Crippen LogP contribution in [0, 0.1) is 10.1 Å². The Morgan fingerprint density at radius 1 is 1.46 bits per heavy atom. The van der Waals surface area contributed by atoms with Crippen LogP contribution in [0.4, 0.5) is 0 Å². The predicted molar refractivity (Wildman–Crippen MR) is 42.4 cm³/mol. The van der Waals surface area contributed by atoms with Gasteiger partial charge >= 0.3 is 7.82 Å². The third-order valence-electron chi connectivity index (χ3n) is 0.980. The third-order valence-corrected chi connectivity index (χ3v) is 0.980. The summed E-state index contributed by atoms with van der Waals surface area (Å²) in [4.78, 5) is 30.9. The molecular weight excluding hydrogens is 205 g/mol. The van der Waals surface area contributed by atoms with Crippen molar-refractivity contribution in [1.29, 1.82) is 0 Å². The monoisotopic (exact) mass is 217 g/mol. The number of nitro groups is 1. The minimum Gasteiger partial charge on any atom is -0.389 e. The molecule has 0 aromatic heterocycles. The van der Waals surface area contributed by atoms with Gasteiger partial charge in [0.2, 0.25) is 6.04 Å².